The van der Waals surface area contributed by atoms with Gasteiger partial charge in [-0.25, -0.2) is 0 Å². The summed E-state index contributed by atoms with van der Waals surface area (Å²) < 4.78 is 4.98. The van der Waals surface area contributed by atoms with E-state index >= 15 is 0 Å². The van der Waals surface area contributed by atoms with Gasteiger partial charge in [0.15, 0.2) is 0 Å². The van der Waals surface area contributed by atoms with Gasteiger partial charge in [-0.2, -0.15) is 0 Å². The van der Waals surface area contributed by atoms with Crippen molar-refractivity contribution in [1.29, 1.82) is 0 Å². The van der Waals surface area contributed by atoms with E-state index in [0.29, 0.717) is 6.47 Å². The normalized spacial score (nSPS) is 11.4. The van der Waals surface area contributed by atoms with Gasteiger partial charge in [0.2, 0.25) is 0 Å². The molecular weight excluding hydrogens is 356 g/mol. The number of aryl methyl sites for hydroxylation is 1. The number of ether oxygens (including phenoxy) is 1. The zero-order chi connectivity index (χ0) is 19.9. The SMILES string of the molecule is O=CO/C=C(\CCc1ccc(-c2ccccc2)cc1)c1ccc2ccccc2c1. The minimum Gasteiger partial charge on any atom is -0.436 e. The molecule has 0 heterocycles. The standard InChI is InChI=1S/C27H22O2/c28-20-29-19-27(26-17-16-23-8-4-5-9-25(23)18-26)15-12-21-10-13-24(14-11-21)22-6-2-1-3-7-22/h1-11,13-14,16-20H,12,15H2/b27-19+. The summed E-state index contributed by atoms with van der Waals surface area (Å²) in [4.78, 5) is 10.7. The quantitative estimate of drug-likeness (QED) is 0.266. The fourth-order valence-corrected chi connectivity index (χ4v) is 3.54. The third-order valence-electron chi connectivity index (χ3n) is 5.13. The first-order valence-corrected chi connectivity index (χ1v) is 9.75. The summed E-state index contributed by atoms with van der Waals surface area (Å²) in [6.07, 6.45) is 3.22. The number of benzene rings is 4. The van der Waals surface area contributed by atoms with E-state index in [1.54, 1.807) is 6.26 Å². The second-order valence-corrected chi connectivity index (χ2v) is 7.00. The Balaban J connectivity index is 1.52. The first-order valence-electron chi connectivity index (χ1n) is 9.75. The van der Waals surface area contributed by atoms with E-state index in [1.165, 1.54) is 27.5 Å². The Hall–Kier alpha value is -3.65. The third kappa shape index (κ3) is 4.61. The van der Waals surface area contributed by atoms with Crippen molar-refractivity contribution in [2.75, 3.05) is 0 Å². The summed E-state index contributed by atoms with van der Waals surface area (Å²) in [5.74, 6) is 0. The fraction of sp³-hybridized carbons (Fsp3) is 0.0741. The molecule has 0 radical (unpaired) electrons. The topological polar surface area (TPSA) is 26.3 Å². The van der Waals surface area contributed by atoms with Crippen molar-refractivity contribution in [2.24, 2.45) is 0 Å². The lowest BCUT2D eigenvalue weighted by molar-refractivity contribution is -0.123. The van der Waals surface area contributed by atoms with E-state index < -0.39 is 0 Å². The fourth-order valence-electron chi connectivity index (χ4n) is 3.54. The van der Waals surface area contributed by atoms with Crippen LogP contribution in [0.1, 0.15) is 17.5 Å². The van der Waals surface area contributed by atoms with Gasteiger partial charge in [-0.3, -0.25) is 4.79 Å². The van der Waals surface area contributed by atoms with Gasteiger partial charge in [0.25, 0.3) is 6.47 Å². The maximum absolute atomic E-state index is 10.7. The molecule has 0 bridgehead atoms. The van der Waals surface area contributed by atoms with Crippen LogP contribution in [0.2, 0.25) is 0 Å². The minimum atomic E-state index is 0.468. The van der Waals surface area contributed by atoms with Crippen LogP contribution >= 0.6 is 0 Å². The lowest BCUT2D eigenvalue weighted by Crippen LogP contribution is -1.92. The number of hydrogen-bond acceptors (Lipinski definition) is 2. The van der Waals surface area contributed by atoms with Gasteiger partial charge >= 0.3 is 0 Å². The van der Waals surface area contributed by atoms with E-state index in [-0.39, 0.29) is 0 Å². The molecule has 2 heteroatoms. The molecule has 0 spiro atoms. The predicted octanol–water partition coefficient (Wildman–Crippen LogP) is 6.65. The smallest absolute Gasteiger partial charge is 0.297 e. The lowest BCUT2D eigenvalue weighted by atomic mass is 9.96. The molecule has 0 atom stereocenters. The Morgan fingerprint density at radius 3 is 2.17 bits per heavy atom. The van der Waals surface area contributed by atoms with Crippen LogP contribution in [0.5, 0.6) is 0 Å². The van der Waals surface area contributed by atoms with Gasteiger partial charge in [0, 0.05) is 0 Å². The van der Waals surface area contributed by atoms with Crippen LogP contribution in [0.15, 0.2) is 103 Å². The molecule has 0 saturated heterocycles. The average molecular weight is 378 g/mol. The maximum atomic E-state index is 10.7. The molecule has 0 aromatic heterocycles. The van der Waals surface area contributed by atoms with Crippen LogP contribution in [0, 0.1) is 0 Å². The van der Waals surface area contributed by atoms with E-state index in [2.05, 4.69) is 78.9 Å². The van der Waals surface area contributed by atoms with Crippen LogP contribution in [-0.2, 0) is 16.0 Å². The number of hydrogen-bond donors (Lipinski definition) is 0. The first-order chi connectivity index (χ1) is 14.3. The molecule has 0 aliphatic rings. The molecule has 2 nitrogen and oxygen atoms in total. The molecule has 0 saturated carbocycles. The van der Waals surface area contributed by atoms with Crippen LogP contribution in [-0.4, -0.2) is 6.47 Å². The average Bonchev–Trinajstić information content (AvgIpc) is 2.80. The number of carbonyl (C=O) groups is 1. The Bertz CT molecular complexity index is 1130. The highest BCUT2D eigenvalue weighted by Crippen LogP contribution is 2.26. The summed E-state index contributed by atoms with van der Waals surface area (Å²) >= 11 is 0. The number of rotatable bonds is 7. The molecule has 29 heavy (non-hydrogen) atoms. The number of fused-ring (bicyclic) bond motifs is 1. The van der Waals surface area contributed by atoms with Crippen LogP contribution < -0.4 is 0 Å². The van der Waals surface area contributed by atoms with Gasteiger partial charge < -0.3 is 4.74 Å². The molecular formula is C27H22O2. The highest BCUT2D eigenvalue weighted by atomic mass is 16.5. The van der Waals surface area contributed by atoms with Crippen molar-refractivity contribution < 1.29 is 9.53 Å². The lowest BCUT2D eigenvalue weighted by Gasteiger charge is -2.10. The summed E-state index contributed by atoms with van der Waals surface area (Å²) in [5, 5.41) is 2.37. The molecule has 0 aliphatic carbocycles. The van der Waals surface area contributed by atoms with Crippen LogP contribution in [0.25, 0.3) is 27.5 Å². The van der Waals surface area contributed by atoms with E-state index in [0.717, 1.165) is 24.0 Å². The van der Waals surface area contributed by atoms with Gasteiger partial charge in [0.1, 0.15) is 0 Å². The Kier molecular flexibility index (Phi) is 5.82. The summed E-state index contributed by atoms with van der Waals surface area (Å²) in [6.45, 7) is 0.468. The van der Waals surface area contributed by atoms with E-state index in [1.807, 2.05) is 18.2 Å². The zero-order valence-corrected chi connectivity index (χ0v) is 16.1. The largest absolute Gasteiger partial charge is 0.436 e. The molecule has 142 valence electrons. The summed E-state index contributed by atoms with van der Waals surface area (Å²) in [5.41, 5.74) is 5.77. The second-order valence-electron chi connectivity index (χ2n) is 7.00. The Morgan fingerprint density at radius 2 is 1.41 bits per heavy atom. The maximum Gasteiger partial charge on any atom is 0.297 e. The second kappa shape index (κ2) is 9.03. The number of carbonyl (C=O) groups excluding carboxylic acids is 1. The van der Waals surface area contributed by atoms with Crippen molar-refractivity contribution in [1.82, 2.24) is 0 Å². The highest BCUT2D eigenvalue weighted by molar-refractivity contribution is 5.86. The monoisotopic (exact) mass is 378 g/mol. The molecule has 0 unspecified atom stereocenters. The molecule has 4 aromatic carbocycles. The summed E-state index contributed by atoms with van der Waals surface area (Å²) in [7, 11) is 0. The van der Waals surface area contributed by atoms with Gasteiger partial charge in [-0.15, -0.1) is 0 Å². The van der Waals surface area contributed by atoms with Gasteiger partial charge in [0.05, 0.1) is 6.26 Å². The van der Waals surface area contributed by atoms with Crippen molar-refractivity contribution >= 4 is 22.8 Å². The predicted molar refractivity (Wildman–Crippen MR) is 119 cm³/mol. The first kappa shape index (κ1) is 18.7. The van der Waals surface area contributed by atoms with Gasteiger partial charge in [-0.1, -0.05) is 91.0 Å². The summed E-state index contributed by atoms with van der Waals surface area (Å²) in [6, 6.07) is 33.6. The molecule has 0 aliphatic heterocycles. The van der Waals surface area contributed by atoms with Crippen molar-refractivity contribution in [3.8, 4) is 11.1 Å². The van der Waals surface area contributed by atoms with Gasteiger partial charge in [-0.05, 0) is 57.5 Å². The zero-order valence-electron chi connectivity index (χ0n) is 16.1. The minimum absolute atomic E-state index is 0.468. The van der Waals surface area contributed by atoms with Crippen molar-refractivity contribution in [3.63, 3.8) is 0 Å². The molecule has 4 aromatic rings. The number of allylic oxidation sites excluding steroid dienone is 1. The Morgan fingerprint density at radius 1 is 0.724 bits per heavy atom. The molecule has 0 amide bonds. The Labute approximate surface area is 171 Å². The third-order valence-corrected chi connectivity index (χ3v) is 5.13. The van der Waals surface area contributed by atoms with Crippen molar-refractivity contribution in [3.05, 3.63) is 114 Å². The highest BCUT2D eigenvalue weighted by Gasteiger charge is 2.06. The van der Waals surface area contributed by atoms with Crippen molar-refractivity contribution in [2.45, 2.75) is 12.8 Å². The molecule has 0 fully saturated rings. The van der Waals surface area contributed by atoms with Crippen LogP contribution in [0.4, 0.5) is 0 Å². The molecule has 4 rings (SSSR count). The van der Waals surface area contributed by atoms with E-state index in [9.17, 15) is 4.79 Å². The van der Waals surface area contributed by atoms with Crippen LogP contribution in [0.3, 0.4) is 0 Å². The molecule has 0 N–H and O–H groups in total. The van der Waals surface area contributed by atoms with E-state index in [4.69, 9.17) is 4.74 Å².